The van der Waals surface area contributed by atoms with Crippen molar-refractivity contribution in [3.05, 3.63) is 0 Å². The average Bonchev–Trinajstić information content (AvgIpc) is 2.70. The van der Waals surface area contributed by atoms with Crippen LogP contribution in [0.4, 0.5) is 0 Å². The SMILES string of the molecule is CCC(C)C(O)CNC(=O)C1CCOC1C. The molecule has 0 aromatic carbocycles. The summed E-state index contributed by atoms with van der Waals surface area (Å²) in [4.78, 5) is 11.8. The zero-order valence-corrected chi connectivity index (χ0v) is 10.4. The molecule has 0 aromatic rings. The predicted molar refractivity (Wildman–Crippen MR) is 62.0 cm³/mol. The van der Waals surface area contributed by atoms with Crippen molar-refractivity contribution in [3.8, 4) is 0 Å². The lowest BCUT2D eigenvalue weighted by Crippen LogP contribution is -2.40. The Balaban J connectivity index is 2.29. The van der Waals surface area contributed by atoms with E-state index in [4.69, 9.17) is 4.74 Å². The van der Waals surface area contributed by atoms with Crippen LogP contribution in [0, 0.1) is 11.8 Å². The fraction of sp³-hybridized carbons (Fsp3) is 0.917. The lowest BCUT2D eigenvalue weighted by molar-refractivity contribution is -0.126. The summed E-state index contributed by atoms with van der Waals surface area (Å²) in [6.07, 6.45) is 1.25. The van der Waals surface area contributed by atoms with Gasteiger partial charge in [0.25, 0.3) is 0 Å². The normalized spacial score (nSPS) is 28.8. The number of carbonyl (C=O) groups excluding carboxylic acids is 1. The van der Waals surface area contributed by atoms with Gasteiger partial charge in [-0.2, -0.15) is 0 Å². The van der Waals surface area contributed by atoms with Gasteiger partial charge in [-0.1, -0.05) is 20.3 Å². The molecule has 1 aliphatic heterocycles. The summed E-state index contributed by atoms with van der Waals surface area (Å²) in [6.45, 7) is 6.94. The molecule has 0 radical (unpaired) electrons. The van der Waals surface area contributed by atoms with Crippen molar-refractivity contribution in [2.75, 3.05) is 13.2 Å². The molecule has 4 heteroatoms. The second-order valence-electron chi connectivity index (χ2n) is 4.67. The molecule has 1 fully saturated rings. The van der Waals surface area contributed by atoms with Gasteiger partial charge in [-0.15, -0.1) is 0 Å². The zero-order chi connectivity index (χ0) is 12.1. The minimum Gasteiger partial charge on any atom is -0.391 e. The van der Waals surface area contributed by atoms with Crippen LogP contribution in [-0.4, -0.2) is 36.4 Å². The van der Waals surface area contributed by atoms with E-state index in [9.17, 15) is 9.90 Å². The van der Waals surface area contributed by atoms with Crippen LogP contribution in [0.1, 0.15) is 33.6 Å². The highest BCUT2D eigenvalue weighted by Crippen LogP contribution is 2.20. The number of hydrogen-bond donors (Lipinski definition) is 2. The Morgan fingerprint density at radius 3 is 2.81 bits per heavy atom. The molecule has 4 unspecified atom stereocenters. The van der Waals surface area contributed by atoms with Gasteiger partial charge in [0.2, 0.25) is 5.91 Å². The first-order chi connectivity index (χ1) is 7.56. The summed E-state index contributed by atoms with van der Waals surface area (Å²) in [5.74, 6) is 0.175. The topological polar surface area (TPSA) is 58.6 Å². The second kappa shape index (κ2) is 6.21. The summed E-state index contributed by atoms with van der Waals surface area (Å²) >= 11 is 0. The van der Waals surface area contributed by atoms with Crippen LogP contribution < -0.4 is 5.32 Å². The van der Waals surface area contributed by atoms with Crippen LogP contribution in [0.3, 0.4) is 0 Å². The van der Waals surface area contributed by atoms with Crippen molar-refractivity contribution in [1.29, 1.82) is 0 Å². The van der Waals surface area contributed by atoms with Crippen LogP contribution in [0.25, 0.3) is 0 Å². The first-order valence-corrected chi connectivity index (χ1v) is 6.13. The minimum absolute atomic E-state index is 0.000687. The molecule has 16 heavy (non-hydrogen) atoms. The van der Waals surface area contributed by atoms with Gasteiger partial charge in [-0.3, -0.25) is 4.79 Å². The molecule has 1 rings (SSSR count). The number of aliphatic hydroxyl groups excluding tert-OH is 1. The third-order valence-electron chi connectivity index (χ3n) is 3.50. The molecule has 0 aromatic heterocycles. The van der Waals surface area contributed by atoms with Gasteiger partial charge < -0.3 is 15.2 Å². The maximum Gasteiger partial charge on any atom is 0.225 e. The number of ether oxygens (including phenoxy) is 1. The highest BCUT2D eigenvalue weighted by atomic mass is 16.5. The molecule has 4 nitrogen and oxygen atoms in total. The third kappa shape index (κ3) is 3.46. The average molecular weight is 229 g/mol. The Labute approximate surface area is 97.4 Å². The summed E-state index contributed by atoms with van der Waals surface area (Å²) < 4.78 is 5.34. The fourth-order valence-electron chi connectivity index (χ4n) is 1.89. The van der Waals surface area contributed by atoms with E-state index in [1.54, 1.807) is 0 Å². The second-order valence-corrected chi connectivity index (χ2v) is 4.67. The molecular formula is C12H23NO3. The summed E-state index contributed by atoms with van der Waals surface area (Å²) in [5, 5.41) is 12.5. The largest absolute Gasteiger partial charge is 0.391 e. The van der Waals surface area contributed by atoms with E-state index >= 15 is 0 Å². The number of rotatable bonds is 5. The third-order valence-corrected chi connectivity index (χ3v) is 3.50. The van der Waals surface area contributed by atoms with Gasteiger partial charge in [-0.05, 0) is 19.3 Å². The molecule has 0 bridgehead atoms. The fourth-order valence-corrected chi connectivity index (χ4v) is 1.89. The van der Waals surface area contributed by atoms with Gasteiger partial charge in [0.1, 0.15) is 0 Å². The van der Waals surface area contributed by atoms with Crippen LogP contribution in [-0.2, 0) is 9.53 Å². The molecule has 0 aliphatic carbocycles. The smallest absolute Gasteiger partial charge is 0.225 e. The maximum absolute atomic E-state index is 11.8. The van der Waals surface area contributed by atoms with Gasteiger partial charge in [0, 0.05) is 13.2 Å². The molecule has 1 saturated heterocycles. The van der Waals surface area contributed by atoms with E-state index in [1.165, 1.54) is 0 Å². The molecule has 4 atom stereocenters. The summed E-state index contributed by atoms with van der Waals surface area (Å²) in [6, 6.07) is 0. The molecule has 1 heterocycles. The Kier molecular flexibility index (Phi) is 5.22. The van der Waals surface area contributed by atoms with Crippen molar-refractivity contribution in [1.82, 2.24) is 5.32 Å². The number of carbonyl (C=O) groups is 1. The van der Waals surface area contributed by atoms with E-state index in [2.05, 4.69) is 5.32 Å². The van der Waals surface area contributed by atoms with Crippen molar-refractivity contribution in [2.24, 2.45) is 11.8 Å². The van der Waals surface area contributed by atoms with Gasteiger partial charge >= 0.3 is 0 Å². The molecule has 2 N–H and O–H groups in total. The first-order valence-electron chi connectivity index (χ1n) is 6.13. The van der Waals surface area contributed by atoms with Crippen molar-refractivity contribution in [2.45, 2.75) is 45.8 Å². The van der Waals surface area contributed by atoms with Crippen molar-refractivity contribution >= 4 is 5.91 Å². The van der Waals surface area contributed by atoms with E-state index < -0.39 is 6.10 Å². The van der Waals surface area contributed by atoms with Gasteiger partial charge in [-0.25, -0.2) is 0 Å². The lowest BCUT2D eigenvalue weighted by atomic mass is 10.00. The Hall–Kier alpha value is -0.610. The minimum atomic E-state index is -0.452. The molecule has 0 saturated carbocycles. The monoisotopic (exact) mass is 229 g/mol. The van der Waals surface area contributed by atoms with Crippen molar-refractivity contribution < 1.29 is 14.6 Å². The van der Waals surface area contributed by atoms with Crippen LogP contribution in [0.5, 0.6) is 0 Å². The summed E-state index contributed by atoms with van der Waals surface area (Å²) in [7, 11) is 0. The number of amides is 1. The lowest BCUT2D eigenvalue weighted by Gasteiger charge is -2.19. The summed E-state index contributed by atoms with van der Waals surface area (Å²) in [5.41, 5.74) is 0. The zero-order valence-electron chi connectivity index (χ0n) is 10.4. The van der Waals surface area contributed by atoms with E-state index in [0.717, 1.165) is 12.8 Å². The predicted octanol–water partition coefficient (Wildman–Crippen LogP) is 0.935. The molecule has 94 valence electrons. The maximum atomic E-state index is 11.8. The number of aliphatic hydroxyl groups is 1. The van der Waals surface area contributed by atoms with E-state index in [1.807, 2.05) is 20.8 Å². The van der Waals surface area contributed by atoms with Gasteiger partial charge in [0.05, 0.1) is 18.1 Å². The molecular weight excluding hydrogens is 206 g/mol. The van der Waals surface area contributed by atoms with Crippen LogP contribution >= 0.6 is 0 Å². The standard InChI is InChI=1S/C12H23NO3/c1-4-8(2)11(14)7-13-12(15)10-5-6-16-9(10)3/h8-11,14H,4-7H2,1-3H3,(H,13,15). The quantitative estimate of drug-likeness (QED) is 0.737. The molecule has 1 amide bonds. The Morgan fingerprint density at radius 1 is 1.62 bits per heavy atom. The Morgan fingerprint density at radius 2 is 2.31 bits per heavy atom. The Bertz CT molecular complexity index is 232. The van der Waals surface area contributed by atoms with Gasteiger partial charge in [0.15, 0.2) is 0 Å². The van der Waals surface area contributed by atoms with Crippen LogP contribution in [0.15, 0.2) is 0 Å². The van der Waals surface area contributed by atoms with Crippen LogP contribution in [0.2, 0.25) is 0 Å². The van der Waals surface area contributed by atoms with E-state index in [-0.39, 0.29) is 23.8 Å². The highest BCUT2D eigenvalue weighted by molar-refractivity contribution is 5.79. The van der Waals surface area contributed by atoms with E-state index in [0.29, 0.717) is 13.2 Å². The first kappa shape index (κ1) is 13.5. The molecule has 1 aliphatic rings. The van der Waals surface area contributed by atoms with Crippen molar-refractivity contribution in [3.63, 3.8) is 0 Å². The highest BCUT2D eigenvalue weighted by Gasteiger charge is 2.30. The number of nitrogens with one attached hydrogen (secondary N) is 1. The molecule has 0 spiro atoms. The number of hydrogen-bond acceptors (Lipinski definition) is 3.